The van der Waals surface area contributed by atoms with Crippen molar-refractivity contribution in [1.82, 2.24) is 10.3 Å². The van der Waals surface area contributed by atoms with Crippen molar-refractivity contribution < 1.29 is 9.47 Å². The van der Waals surface area contributed by atoms with Gasteiger partial charge in [-0.25, -0.2) is 4.98 Å². The van der Waals surface area contributed by atoms with Crippen molar-refractivity contribution in [3.63, 3.8) is 0 Å². The van der Waals surface area contributed by atoms with E-state index in [0.29, 0.717) is 31.4 Å². The fourth-order valence-corrected chi connectivity index (χ4v) is 3.56. The van der Waals surface area contributed by atoms with Gasteiger partial charge in [0, 0.05) is 24.8 Å². The van der Waals surface area contributed by atoms with Crippen LogP contribution in [0.15, 0.2) is 36.5 Å². The number of anilines is 1. The van der Waals surface area contributed by atoms with Gasteiger partial charge in [0.05, 0.1) is 18.8 Å². The van der Waals surface area contributed by atoms with Crippen LogP contribution in [0.1, 0.15) is 37.8 Å². The zero-order valence-electron chi connectivity index (χ0n) is 16.6. The summed E-state index contributed by atoms with van der Waals surface area (Å²) in [6, 6.07) is 12.4. The first-order valence-electron chi connectivity index (χ1n) is 9.96. The summed E-state index contributed by atoms with van der Waals surface area (Å²) in [5.74, 6) is 2.54. The van der Waals surface area contributed by atoms with Crippen LogP contribution in [-0.2, 0) is 6.54 Å². The van der Waals surface area contributed by atoms with Crippen molar-refractivity contribution in [2.45, 2.75) is 39.3 Å². The minimum atomic E-state index is 0.396. The Hall–Kier alpha value is -2.78. The first-order chi connectivity index (χ1) is 13.7. The Bertz CT molecular complexity index is 771. The number of hydrogen-bond acceptors (Lipinski definition) is 6. The van der Waals surface area contributed by atoms with Gasteiger partial charge in [0.25, 0.3) is 0 Å². The van der Waals surface area contributed by atoms with Crippen molar-refractivity contribution in [2.24, 2.45) is 0 Å². The van der Waals surface area contributed by atoms with E-state index in [9.17, 15) is 0 Å². The highest BCUT2D eigenvalue weighted by Crippen LogP contribution is 2.28. The van der Waals surface area contributed by atoms with Crippen LogP contribution in [0.5, 0.6) is 11.5 Å². The Morgan fingerprint density at radius 3 is 2.32 bits per heavy atom. The van der Waals surface area contributed by atoms with Crippen molar-refractivity contribution in [3.05, 3.63) is 47.7 Å². The van der Waals surface area contributed by atoms with Crippen LogP contribution < -0.4 is 19.7 Å². The summed E-state index contributed by atoms with van der Waals surface area (Å²) in [6.45, 7) is 7.91. The van der Waals surface area contributed by atoms with E-state index in [1.165, 1.54) is 0 Å². The van der Waals surface area contributed by atoms with E-state index in [-0.39, 0.29) is 0 Å². The first-order valence-corrected chi connectivity index (χ1v) is 9.96. The van der Waals surface area contributed by atoms with Crippen LogP contribution in [0.3, 0.4) is 0 Å². The van der Waals surface area contributed by atoms with Crippen molar-refractivity contribution >= 4 is 5.82 Å². The Kier molecular flexibility index (Phi) is 7.10. The van der Waals surface area contributed by atoms with Gasteiger partial charge in [-0.2, -0.15) is 5.26 Å². The number of nitrogens with one attached hydrogen (secondary N) is 1. The molecule has 1 saturated heterocycles. The smallest absolute Gasteiger partial charge is 0.129 e. The van der Waals surface area contributed by atoms with Gasteiger partial charge in [0.1, 0.15) is 23.4 Å². The van der Waals surface area contributed by atoms with Gasteiger partial charge in [-0.15, -0.1) is 0 Å². The number of ether oxygens (including phenoxy) is 2. The number of pyridine rings is 1. The second-order valence-corrected chi connectivity index (χ2v) is 6.80. The van der Waals surface area contributed by atoms with E-state index >= 15 is 0 Å². The van der Waals surface area contributed by atoms with Crippen molar-refractivity contribution in [1.29, 1.82) is 5.26 Å². The molecule has 0 saturated carbocycles. The summed E-state index contributed by atoms with van der Waals surface area (Å²) in [7, 11) is 0. The highest BCUT2D eigenvalue weighted by Gasteiger charge is 2.23. The average molecular weight is 380 g/mol. The molecule has 6 nitrogen and oxygen atoms in total. The Morgan fingerprint density at radius 2 is 1.79 bits per heavy atom. The number of aromatic nitrogens is 1. The Balaban J connectivity index is 1.90. The predicted molar refractivity (Wildman–Crippen MR) is 110 cm³/mol. The van der Waals surface area contributed by atoms with E-state index in [0.717, 1.165) is 48.8 Å². The number of hydrogen-bond donors (Lipinski definition) is 1. The maximum Gasteiger partial charge on any atom is 0.129 e. The summed E-state index contributed by atoms with van der Waals surface area (Å²) in [4.78, 5) is 6.90. The molecule has 28 heavy (non-hydrogen) atoms. The lowest BCUT2D eigenvalue weighted by atomic mass is 10.0. The molecular weight excluding hydrogens is 352 g/mol. The topological polar surface area (TPSA) is 70.4 Å². The highest BCUT2D eigenvalue weighted by atomic mass is 16.5. The monoisotopic (exact) mass is 380 g/mol. The molecule has 6 heteroatoms. The maximum absolute atomic E-state index is 9.07. The average Bonchev–Trinajstić information content (AvgIpc) is 2.73. The molecule has 1 fully saturated rings. The summed E-state index contributed by atoms with van der Waals surface area (Å²) >= 11 is 0. The molecule has 0 amide bonds. The van der Waals surface area contributed by atoms with Crippen LogP contribution in [0.25, 0.3) is 0 Å². The standard InChI is InChI=1S/C22H28N4O2/c1-3-27-20-11-18(12-21(13-20)28-4-2)16-26(19-7-9-24-10-8-19)22-6-5-17(14-23)15-25-22/h5-6,11-13,15,19,24H,3-4,7-10,16H2,1-2H3. The molecule has 3 rings (SSSR count). The third-order valence-corrected chi connectivity index (χ3v) is 4.84. The van der Waals surface area contributed by atoms with Gasteiger partial charge in [-0.1, -0.05) is 0 Å². The molecule has 2 aromatic rings. The van der Waals surface area contributed by atoms with Crippen molar-refractivity contribution in [3.8, 4) is 17.6 Å². The number of nitrogens with zero attached hydrogens (tertiary/aromatic N) is 3. The van der Waals surface area contributed by atoms with Gasteiger partial charge in [0.2, 0.25) is 0 Å². The summed E-state index contributed by atoms with van der Waals surface area (Å²) in [5.41, 5.74) is 1.70. The molecule has 148 valence electrons. The van der Waals surface area contributed by atoms with Gasteiger partial charge in [-0.3, -0.25) is 0 Å². The molecule has 0 aliphatic carbocycles. The van der Waals surface area contributed by atoms with E-state index in [1.54, 1.807) is 6.20 Å². The third kappa shape index (κ3) is 5.14. The number of benzene rings is 1. The van der Waals surface area contributed by atoms with Crippen LogP contribution in [0.2, 0.25) is 0 Å². The van der Waals surface area contributed by atoms with E-state index in [2.05, 4.69) is 33.4 Å². The summed E-state index contributed by atoms with van der Waals surface area (Å²) in [5, 5.41) is 12.5. The Morgan fingerprint density at radius 1 is 1.11 bits per heavy atom. The van der Waals surface area contributed by atoms with E-state index < -0.39 is 0 Å². The van der Waals surface area contributed by atoms with Crippen LogP contribution >= 0.6 is 0 Å². The van der Waals surface area contributed by atoms with E-state index in [4.69, 9.17) is 14.7 Å². The normalized spacial score (nSPS) is 14.3. The van der Waals surface area contributed by atoms with Crippen molar-refractivity contribution in [2.75, 3.05) is 31.2 Å². The molecule has 1 aliphatic rings. The molecule has 0 radical (unpaired) electrons. The van der Waals surface area contributed by atoms with Gasteiger partial charge < -0.3 is 19.7 Å². The maximum atomic E-state index is 9.07. The minimum absolute atomic E-state index is 0.396. The van der Waals surface area contributed by atoms with E-state index in [1.807, 2.05) is 32.0 Å². The zero-order chi connectivity index (χ0) is 19.8. The molecule has 1 aromatic heterocycles. The minimum Gasteiger partial charge on any atom is -0.494 e. The first kappa shape index (κ1) is 20.0. The predicted octanol–water partition coefficient (Wildman–Crippen LogP) is 3.51. The zero-order valence-corrected chi connectivity index (χ0v) is 16.6. The van der Waals surface area contributed by atoms with Crippen LogP contribution in [0.4, 0.5) is 5.82 Å². The quantitative estimate of drug-likeness (QED) is 0.756. The largest absolute Gasteiger partial charge is 0.494 e. The summed E-state index contributed by atoms with van der Waals surface area (Å²) in [6.07, 6.45) is 3.77. The molecular formula is C22H28N4O2. The lowest BCUT2D eigenvalue weighted by Crippen LogP contribution is -2.43. The highest BCUT2D eigenvalue weighted by molar-refractivity contribution is 5.46. The number of piperidine rings is 1. The molecule has 0 spiro atoms. The molecule has 0 atom stereocenters. The van der Waals surface area contributed by atoms with Crippen LogP contribution in [-0.4, -0.2) is 37.3 Å². The van der Waals surface area contributed by atoms with Gasteiger partial charge in [0.15, 0.2) is 0 Å². The lowest BCUT2D eigenvalue weighted by molar-refractivity contribution is 0.322. The Labute approximate surface area is 167 Å². The molecule has 1 aromatic carbocycles. The molecule has 2 heterocycles. The second kappa shape index (κ2) is 9.95. The number of rotatable bonds is 8. The SMILES string of the molecule is CCOc1cc(CN(c2ccc(C#N)cn2)C2CCNCC2)cc(OCC)c1. The lowest BCUT2D eigenvalue weighted by Gasteiger charge is -2.36. The summed E-state index contributed by atoms with van der Waals surface area (Å²) < 4.78 is 11.5. The molecule has 1 N–H and O–H groups in total. The number of nitriles is 1. The van der Waals surface area contributed by atoms with Gasteiger partial charge >= 0.3 is 0 Å². The molecule has 0 bridgehead atoms. The molecule has 0 unspecified atom stereocenters. The fourth-order valence-electron chi connectivity index (χ4n) is 3.56. The van der Waals surface area contributed by atoms with Crippen LogP contribution in [0, 0.1) is 11.3 Å². The molecule has 1 aliphatic heterocycles. The van der Waals surface area contributed by atoms with Gasteiger partial charge in [-0.05, 0) is 69.6 Å². The fraction of sp³-hybridized carbons (Fsp3) is 0.455. The second-order valence-electron chi connectivity index (χ2n) is 6.80. The third-order valence-electron chi connectivity index (χ3n) is 4.84.